The van der Waals surface area contributed by atoms with Crippen molar-refractivity contribution in [2.24, 2.45) is 0 Å². The molecule has 0 fully saturated rings. The highest BCUT2D eigenvalue weighted by molar-refractivity contribution is 6.34. The zero-order valence-corrected chi connectivity index (χ0v) is 11.2. The fraction of sp³-hybridized carbons (Fsp3) is 0. The molecule has 3 nitrogen and oxygen atoms in total. The lowest BCUT2D eigenvalue weighted by Crippen LogP contribution is -2.11. The molecule has 0 saturated heterocycles. The molecular weight excluding hydrogens is 274 g/mol. The zero-order chi connectivity index (χ0) is 14.1. The van der Waals surface area contributed by atoms with E-state index in [1.165, 1.54) is 4.57 Å². The lowest BCUT2D eigenvalue weighted by molar-refractivity contribution is 0.0965. The van der Waals surface area contributed by atoms with Crippen molar-refractivity contribution < 1.29 is 9.59 Å². The number of para-hydroxylation sites is 1. The smallest absolute Gasteiger partial charge is 0.263 e. The van der Waals surface area contributed by atoms with E-state index >= 15 is 0 Å². The van der Waals surface area contributed by atoms with Crippen LogP contribution in [0.5, 0.6) is 0 Å². The Morgan fingerprint density at radius 1 is 1.05 bits per heavy atom. The van der Waals surface area contributed by atoms with Gasteiger partial charge in [-0.3, -0.25) is 14.2 Å². The molecule has 3 rings (SSSR count). The average Bonchev–Trinajstić information content (AvgIpc) is 2.86. The van der Waals surface area contributed by atoms with Crippen LogP contribution in [0.1, 0.15) is 20.7 Å². The largest absolute Gasteiger partial charge is 0.298 e. The minimum Gasteiger partial charge on any atom is -0.298 e. The Morgan fingerprint density at radius 3 is 2.50 bits per heavy atom. The van der Waals surface area contributed by atoms with Crippen molar-refractivity contribution in [3.8, 4) is 0 Å². The van der Waals surface area contributed by atoms with E-state index in [1.54, 1.807) is 36.5 Å². The number of benzene rings is 2. The van der Waals surface area contributed by atoms with Gasteiger partial charge < -0.3 is 0 Å². The SMILES string of the molecule is O=Cc1cn(C(=O)c2ccccc2Cl)c2ccccc12. The van der Waals surface area contributed by atoms with Gasteiger partial charge in [0.2, 0.25) is 0 Å². The summed E-state index contributed by atoms with van der Waals surface area (Å²) in [6, 6.07) is 14.1. The summed E-state index contributed by atoms with van der Waals surface area (Å²) in [6.07, 6.45) is 2.29. The van der Waals surface area contributed by atoms with E-state index in [0.717, 1.165) is 11.7 Å². The number of carbonyl (C=O) groups is 2. The minimum absolute atomic E-state index is 0.250. The Bertz CT molecular complexity index is 820. The highest BCUT2D eigenvalue weighted by Crippen LogP contribution is 2.23. The Labute approximate surface area is 120 Å². The highest BCUT2D eigenvalue weighted by atomic mass is 35.5. The van der Waals surface area contributed by atoms with Gasteiger partial charge in [-0.05, 0) is 18.2 Å². The standard InChI is InChI=1S/C16H10ClNO2/c17-14-7-3-1-6-13(14)16(20)18-9-11(10-19)12-5-2-4-8-15(12)18/h1-10H. The third kappa shape index (κ3) is 1.92. The number of halogens is 1. The first-order valence-electron chi connectivity index (χ1n) is 6.07. The maximum absolute atomic E-state index is 12.6. The normalized spacial score (nSPS) is 10.7. The van der Waals surface area contributed by atoms with Gasteiger partial charge in [-0.25, -0.2) is 0 Å². The van der Waals surface area contributed by atoms with Crippen LogP contribution in [0.4, 0.5) is 0 Å². The number of fused-ring (bicyclic) bond motifs is 1. The topological polar surface area (TPSA) is 39.1 Å². The third-order valence-electron chi connectivity index (χ3n) is 3.19. The van der Waals surface area contributed by atoms with Gasteiger partial charge in [0.1, 0.15) is 0 Å². The first-order chi connectivity index (χ1) is 9.72. The van der Waals surface area contributed by atoms with Gasteiger partial charge >= 0.3 is 0 Å². The molecule has 0 radical (unpaired) electrons. The second-order valence-corrected chi connectivity index (χ2v) is 4.78. The number of nitrogens with zero attached hydrogens (tertiary/aromatic N) is 1. The summed E-state index contributed by atoms with van der Waals surface area (Å²) in [4.78, 5) is 23.7. The van der Waals surface area contributed by atoms with Crippen molar-refractivity contribution >= 4 is 34.7 Å². The molecule has 0 aliphatic heterocycles. The molecule has 0 spiro atoms. The minimum atomic E-state index is -0.250. The van der Waals surface area contributed by atoms with Crippen LogP contribution in [0.3, 0.4) is 0 Å². The molecule has 1 heterocycles. The number of hydrogen-bond donors (Lipinski definition) is 0. The second-order valence-electron chi connectivity index (χ2n) is 4.37. The molecule has 3 aromatic rings. The van der Waals surface area contributed by atoms with Crippen LogP contribution in [0.2, 0.25) is 5.02 Å². The van der Waals surface area contributed by atoms with Crippen LogP contribution >= 0.6 is 11.6 Å². The van der Waals surface area contributed by atoms with E-state index < -0.39 is 0 Å². The van der Waals surface area contributed by atoms with Crippen molar-refractivity contribution in [1.82, 2.24) is 4.57 Å². The second kappa shape index (κ2) is 4.94. The molecule has 0 saturated carbocycles. The third-order valence-corrected chi connectivity index (χ3v) is 3.52. The summed E-state index contributed by atoms with van der Waals surface area (Å²) in [5, 5.41) is 1.14. The van der Waals surface area contributed by atoms with Crippen LogP contribution in [0.25, 0.3) is 10.9 Å². The van der Waals surface area contributed by atoms with E-state index in [-0.39, 0.29) is 5.91 Å². The molecule has 0 aliphatic carbocycles. The fourth-order valence-corrected chi connectivity index (χ4v) is 2.45. The molecule has 0 amide bonds. The van der Waals surface area contributed by atoms with Gasteiger partial charge in [-0.2, -0.15) is 0 Å². The molecule has 4 heteroatoms. The van der Waals surface area contributed by atoms with Gasteiger partial charge in [-0.15, -0.1) is 0 Å². The van der Waals surface area contributed by atoms with Crippen LogP contribution in [-0.4, -0.2) is 16.8 Å². The lowest BCUT2D eigenvalue weighted by atomic mass is 10.2. The monoisotopic (exact) mass is 283 g/mol. The van der Waals surface area contributed by atoms with Crippen LogP contribution < -0.4 is 0 Å². The first-order valence-corrected chi connectivity index (χ1v) is 6.44. The Hall–Kier alpha value is -2.39. The maximum Gasteiger partial charge on any atom is 0.263 e. The fourth-order valence-electron chi connectivity index (χ4n) is 2.23. The van der Waals surface area contributed by atoms with Gasteiger partial charge in [0.15, 0.2) is 6.29 Å². The summed E-state index contributed by atoms with van der Waals surface area (Å²) in [5.74, 6) is -0.250. The molecule has 0 N–H and O–H groups in total. The number of aldehydes is 1. The summed E-state index contributed by atoms with van der Waals surface area (Å²) < 4.78 is 1.46. The van der Waals surface area contributed by atoms with Crippen molar-refractivity contribution in [1.29, 1.82) is 0 Å². The number of aromatic nitrogens is 1. The van der Waals surface area contributed by atoms with Crippen molar-refractivity contribution in [3.63, 3.8) is 0 Å². The Morgan fingerprint density at radius 2 is 1.75 bits per heavy atom. The van der Waals surface area contributed by atoms with Crippen molar-refractivity contribution in [2.45, 2.75) is 0 Å². The van der Waals surface area contributed by atoms with E-state index in [1.807, 2.05) is 18.2 Å². The van der Waals surface area contributed by atoms with Crippen LogP contribution in [0, 0.1) is 0 Å². The number of carbonyl (C=O) groups excluding carboxylic acids is 2. The first kappa shape index (κ1) is 12.6. The Balaban J connectivity index is 2.23. The summed E-state index contributed by atoms with van der Waals surface area (Å²) >= 11 is 6.06. The molecule has 2 aromatic carbocycles. The highest BCUT2D eigenvalue weighted by Gasteiger charge is 2.16. The predicted molar refractivity (Wildman–Crippen MR) is 78.5 cm³/mol. The van der Waals surface area contributed by atoms with E-state index in [4.69, 9.17) is 11.6 Å². The van der Waals surface area contributed by atoms with Gasteiger partial charge in [0, 0.05) is 17.1 Å². The summed E-state index contributed by atoms with van der Waals surface area (Å²) in [5.41, 5.74) is 1.59. The zero-order valence-electron chi connectivity index (χ0n) is 10.4. The van der Waals surface area contributed by atoms with Gasteiger partial charge in [0.05, 0.1) is 16.1 Å². The van der Waals surface area contributed by atoms with E-state index in [0.29, 0.717) is 21.7 Å². The maximum atomic E-state index is 12.6. The van der Waals surface area contributed by atoms with Crippen molar-refractivity contribution in [3.05, 3.63) is 70.9 Å². The van der Waals surface area contributed by atoms with Gasteiger partial charge in [-0.1, -0.05) is 41.9 Å². The van der Waals surface area contributed by atoms with Crippen molar-refractivity contribution in [2.75, 3.05) is 0 Å². The molecule has 1 aromatic heterocycles. The molecule has 0 unspecified atom stereocenters. The summed E-state index contributed by atoms with van der Waals surface area (Å²) in [7, 11) is 0. The Kier molecular flexibility index (Phi) is 3.12. The lowest BCUT2D eigenvalue weighted by Gasteiger charge is -2.05. The number of rotatable bonds is 2. The predicted octanol–water partition coefficient (Wildman–Crippen LogP) is 3.80. The number of hydrogen-bond acceptors (Lipinski definition) is 2. The molecule has 0 aliphatic rings. The quantitative estimate of drug-likeness (QED) is 0.671. The molecule has 0 atom stereocenters. The van der Waals surface area contributed by atoms with Gasteiger partial charge in [0.25, 0.3) is 5.91 Å². The molecule has 0 bridgehead atoms. The van der Waals surface area contributed by atoms with Crippen LogP contribution in [0.15, 0.2) is 54.7 Å². The summed E-state index contributed by atoms with van der Waals surface area (Å²) in [6.45, 7) is 0. The molecule has 20 heavy (non-hydrogen) atoms. The van der Waals surface area contributed by atoms with E-state index in [2.05, 4.69) is 0 Å². The van der Waals surface area contributed by atoms with E-state index in [9.17, 15) is 9.59 Å². The average molecular weight is 284 g/mol. The molecule has 98 valence electrons. The molecular formula is C16H10ClNO2. The van der Waals surface area contributed by atoms with Crippen LogP contribution in [-0.2, 0) is 0 Å².